The monoisotopic (exact) mass is 248 g/mol. The number of carbonyl (C=O) groups is 2. The van der Waals surface area contributed by atoms with Gasteiger partial charge in [0.25, 0.3) is 5.91 Å². The normalized spacial score (nSPS) is 9.83. The van der Waals surface area contributed by atoms with E-state index < -0.39 is 5.97 Å². The Labute approximate surface area is 106 Å². The lowest BCUT2D eigenvalue weighted by Crippen LogP contribution is -2.27. The number of aromatic nitrogens is 1. The van der Waals surface area contributed by atoms with Crippen molar-refractivity contribution in [2.24, 2.45) is 0 Å². The summed E-state index contributed by atoms with van der Waals surface area (Å²) in [5, 5.41) is 8.70. The summed E-state index contributed by atoms with van der Waals surface area (Å²) >= 11 is 0. The topological polar surface area (TPSA) is 70.5 Å². The first-order valence-electron chi connectivity index (χ1n) is 5.62. The van der Waals surface area contributed by atoms with Crippen LogP contribution in [-0.4, -0.2) is 40.5 Å². The number of hydrogen-bond acceptors (Lipinski definition) is 3. The molecule has 0 aliphatic heterocycles. The molecule has 0 aromatic carbocycles. The molecule has 0 unspecified atom stereocenters. The maximum absolute atomic E-state index is 11.9. The number of carboxylic acid groups (broad SMARTS) is 1. The van der Waals surface area contributed by atoms with E-state index in [0.717, 1.165) is 12.8 Å². The number of nitrogens with zero attached hydrogens (tertiary/aromatic N) is 2. The average molecular weight is 248 g/mol. The van der Waals surface area contributed by atoms with Gasteiger partial charge in [0.15, 0.2) is 0 Å². The standard InChI is InChI=1S/C13H16N2O3/c1-3-4-5-8-15(2)12(16)10-6-7-11(13(17)18)14-9-10/h3,6-7,9H,1,4-5,8H2,2H3,(H,17,18). The van der Waals surface area contributed by atoms with Gasteiger partial charge in [-0.15, -0.1) is 6.58 Å². The molecule has 1 heterocycles. The van der Waals surface area contributed by atoms with Gasteiger partial charge >= 0.3 is 5.97 Å². The Balaban J connectivity index is 2.65. The van der Waals surface area contributed by atoms with Gasteiger partial charge in [-0.1, -0.05) is 6.08 Å². The third-order valence-electron chi connectivity index (χ3n) is 2.48. The third-order valence-corrected chi connectivity index (χ3v) is 2.48. The molecule has 1 N–H and O–H groups in total. The highest BCUT2D eigenvalue weighted by Crippen LogP contribution is 2.05. The van der Waals surface area contributed by atoms with Crippen molar-refractivity contribution in [2.75, 3.05) is 13.6 Å². The molecule has 1 amide bonds. The fourth-order valence-corrected chi connectivity index (χ4v) is 1.44. The van der Waals surface area contributed by atoms with Gasteiger partial charge in [-0.25, -0.2) is 9.78 Å². The van der Waals surface area contributed by atoms with Crippen LogP contribution in [0.3, 0.4) is 0 Å². The highest BCUT2D eigenvalue weighted by molar-refractivity contribution is 5.94. The Hall–Kier alpha value is -2.17. The van der Waals surface area contributed by atoms with E-state index in [4.69, 9.17) is 5.11 Å². The Morgan fingerprint density at radius 3 is 2.72 bits per heavy atom. The fourth-order valence-electron chi connectivity index (χ4n) is 1.44. The van der Waals surface area contributed by atoms with E-state index in [1.807, 2.05) is 6.08 Å². The van der Waals surface area contributed by atoms with Crippen molar-refractivity contribution < 1.29 is 14.7 Å². The Kier molecular flexibility index (Phi) is 5.05. The second-order valence-corrected chi connectivity index (χ2v) is 3.89. The number of pyridine rings is 1. The molecule has 0 bridgehead atoms. The van der Waals surface area contributed by atoms with Crippen LogP contribution in [0.1, 0.15) is 33.7 Å². The van der Waals surface area contributed by atoms with Crippen LogP contribution in [0.25, 0.3) is 0 Å². The largest absolute Gasteiger partial charge is 0.477 e. The van der Waals surface area contributed by atoms with Gasteiger partial charge in [-0.05, 0) is 25.0 Å². The molecule has 0 radical (unpaired) electrons. The molecule has 0 atom stereocenters. The van der Waals surface area contributed by atoms with Gasteiger partial charge in [-0.3, -0.25) is 4.79 Å². The third kappa shape index (κ3) is 3.69. The van der Waals surface area contributed by atoms with Crippen LogP contribution in [0.2, 0.25) is 0 Å². The predicted molar refractivity (Wildman–Crippen MR) is 67.6 cm³/mol. The zero-order valence-electron chi connectivity index (χ0n) is 10.3. The number of aromatic carboxylic acids is 1. The molecule has 0 saturated heterocycles. The van der Waals surface area contributed by atoms with E-state index in [1.165, 1.54) is 18.3 Å². The van der Waals surface area contributed by atoms with E-state index in [0.29, 0.717) is 12.1 Å². The second kappa shape index (κ2) is 6.54. The molecule has 1 aromatic rings. The van der Waals surface area contributed by atoms with Crippen molar-refractivity contribution >= 4 is 11.9 Å². The van der Waals surface area contributed by atoms with E-state index >= 15 is 0 Å². The smallest absolute Gasteiger partial charge is 0.354 e. The van der Waals surface area contributed by atoms with Crippen LogP contribution in [0.5, 0.6) is 0 Å². The van der Waals surface area contributed by atoms with Gasteiger partial charge in [0.05, 0.1) is 5.56 Å². The second-order valence-electron chi connectivity index (χ2n) is 3.89. The van der Waals surface area contributed by atoms with E-state index in [1.54, 1.807) is 11.9 Å². The van der Waals surface area contributed by atoms with Gasteiger partial charge in [0, 0.05) is 19.8 Å². The molecule has 0 aliphatic rings. The summed E-state index contributed by atoms with van der Waals surface area (Å²) < 4.78 is 0. The molecular formula is C13H16N2O3. The Morgan fingerprint density at radius 2 is 2.22 bits per heavy atom. The van der Waals surface area contributed by atoms with E-state index in [2.05, 4.69) is 11.6 Å². The lowest BCUT2D eigenvalue weighted by atomic mass is 10.2. The van der Waals surface area contributed by atoms with Gasteiger partial charge in [0.1, 0.15) is 5.69 Å². The highest BCUT2D eigenvalue weighted by Gasteiger charge is 2.12. The van der Waals surface area contributed by atoms with Gasteiger partial charge in [-0.2, -0.15) is 0 Å². The van der Waals surface area contributed by atoms with Crippen LogP contribution in [-0.2, 0) is 0 Å². The molecule has 0 fully saturated rings. The lowest BCUT2D eigenvalue weighted by molar-refractivity contribution is 0.0688. The molecule has 1 rings (SSSR count). The predicted octanol–water partition coefficient (Wildman–Crippen LogP) is 1.82. The SMILES string of the molecule is C=CCCCN(C)C(=O)c1ccc(C(=O)O)nc1. The van der Waals surface area contributed by atoms with Crippen molar-refractivity contribution in [1.29, 1.82) is 0 Å². The van der Waals surface area contributed by atoms with Crippen molar-refractivity contribution in [3.8, 4) is 0 Å². The summed E-state index contributed by atoms with van der Waals surface area (Å²) in [6.07, 6.45) is 4.80. The van der Waals surface area contributed by atoms with E-state index in [-0.39, 0.29) is 11.6 Å². The summed E-state index contributed by atoms with van der Waals surface area (Å²) in [5.74, 6) is -1.27. The minimum absolute atomic E-state index is 0.0686. The molecule has 1 aromatic heterocycles. The van der Waals surface area contributed by atoms with Crippen molar-refractivity contribution in [3.05, 3.63) is 42.2 Å². The zero-order chi connectivity index (χ0) is 13.5. The Morgan fingerprint density at radius 1 is 1.50 bits per heavy atom. The maximum atomic E-state index is 11.9. The zero-order valence-corrected chi connectivity index (χ0v) is 10.3. The van der Waals surface area contributed by atoms with Crippen molar-refractivity contribution in [3.63, 3.8) is 0 Å². The van der Waals surface area contributed by atoms with Crippen LogP contribution < -0.4 is 0 Å². The van der Waals surface area contributed by atoms with Gasteiger partial charge in [0.2, 0.25) is 0 Å². The fraction of sp³-hybridized carbons (Fsp3) is 0.308. The Bertz CT molecular complexity index is 440. The summed E-state index contributed by atoms with van der Waals surface area (Å²) in [6, 6.07) is 2.80. The summed E-state index contributed by atoms with van der Waals surface area (Å²) in [4.78, 5) is 27.9. The van der Waals surface area contributed by atoms with Crippen LogP contribution in [0.15, 0.2) is 31.0 Å². The van der Waals surface area contributed by atoms with Crippen molar-refractivity contribution in [1.82, 2.24) is 9.88 Å². The van der Waals surface area contributed by atoms with Gasteiger partial charge < -0.3 is 10.0 Å². The quantitative estimate of drug-likeness (QED) is 0.615. The summed E-state index contributed by atoms with van der Waals surface area (Å²) in [7, 11) is 1.70. The molecule has 0 saturated carbocycles. The number of carbonyl (C=O) groups excluding carboxylic acids is 1. The lowest BCUT2D eigenvalue weighted by Gasteiger charge is -2.16. The number of hydrogen-bond donors (Lipinski definition) is 1. The van der Waals surface area contributed by atoms with Crippen LogP contribution in [0.4, 0.5) is 0 Å². The number of unbranched alkanes of at least 4 members (excludes halogenated alkanes) is 1. The number of amides is 1. The first kappa shape index (κ1) is 13.9. The van der Waals surface area contributed by atoms with Crippen LogP contribution in [0, 0.1) is 0 Å². The summed E-state index contributed by atoms with van der Waals surface area (Å²) in [5.41, 5.74) is 0.321. The van der Waals surface area contributed by atoms with Crippen LogP contribution >= 0.6 is 0 Å². The maximum Gasteiger partial charge on any atom is 0.354 e. The molecular weight excluding hydrogens is 232 g/mol. The minimum atomic E-state index is -1.10. The molecule has 0 spiro atoms. The van der Waals surface area contributed by atoms with Crippen molar-refractivity contribution in [2.45, 2.75) is 12.8 Å². The molecule has 96 valence electrons. The number of allylic oxidation sites excluding steroid dienone is 1. The highest BCUT2D eigenvalue weighted by atomic mass is 16.4. The molecule has 5 nitrogen and oxygen atoms in total. The number of carboxylic acids is 1. The molecule has 18 heavy (non-hydrogen) atoms. The molecule has 0 aliphatic carbocycles. The first-order chi connectivity index (χ1) is 8.56. The molecule has 5 heteroatoms. The first-order valence-corrected chi connectivity index (χ1v) is 5.62. The van der Waals surface area contributed by atoms with E-state index in [9.17, 15) is 9.59 Å². The minimum Gasteiger partial charge on any atom is -0.477 e. The number of rotatable bonds is 6. The summed E-state index contributed by atoms with van der Waals surface area (Å²) in [6.45, 7) is 4.25. The average Bonchev–Trinajstić information content (AvgIpc) is 2.38.